The minimum absolute atomic E-state index is 0.0774. The van der Waals surface area contributed by atoms with E-state index in [1.807, 2.05) is 12.1 Å². The summed E-state index contributed by atoms with van der Waals surface area (Å²) in [6.45, 7) is 4.69. The molecule has 0 saturated heterocycles. The highest BCUT2D eigenvalue weighted by atomic mass is 16.3. The zero-order valence-electron chi connectivity index (χ0n) is 33.6. The SMILES string of the molecule is CC1(C)c2ccccc2-c2ccc(N(c3ccccc3)c3ccc(-c4cccc(-c5ccc(N(c6ccccc6)c6ccc7oc8ccccc8c7c6)cc5)c4)cc3)cc21. The van der Waals surface area contributed by atoms with Gasteiger partial charge in [-0.1, -0.05) is 141 Å². The van der Waals surface area contributed by atoms with Gasteiger partial charge in [0.25, 0.3) is 0 Å². The van der Waals surface area contributed by atoms with Crippen LogP contribution in [0.25, 0.3) is 55.3 Å². The number of rotatable bonds is 8. The fourth-order valence-electron chi connectivity index (χ4n) is 9.22. The van der Waals surface area contributed by atoms with Crippen LogP contribution in [0.15, 0.2) is 223 Å². The Hall–Kier alpha value is -7.62. The molecule has 1 aromatic heterocycles. The summed E-state index contributed by atoms with van der Waals surface area (Å²) >= 11 is 0. The Morgan fingerprint density at radius 1 is 0.317 bits per heavy atom. The van der Waals surface area contributed by atoms with Gasteiger partial charge in [0, 0.05) is 50.3 Å². The highest BCUT2D eigenvalue weighted by Crippen LogP contribution is 2.50. The Morgan fingerprint density at radius 2 is 0.800 bits per heavy atom. The van der Waals surface area contributed by atoms with Gasteiger partial charge >= 0.3 is 0 Å². The monoisotopic (exact) mass is 770 g/mol. The van der Waals surface area contributed by atoms with Crippen molar-refractivity contribution in [3.8, 4) is 33.4 Å². The molecule has 0 bridgehead atoms. The molecule has 286 valence electrons. The molecule has 60 heavy (non-hydrogen) atoms. The van der Waals surface area contributed by atoms with Gasteiger partial charge in [-0.2, -0.15) is 0 Å². The minimum atomic E-state index is -0.0774. The van der Waals surface area contributed by atoms with Crippen LogP contribution in [0.3, 0.4) is 0 Å². The molecule has 0 aliphatic heterocycles. The first-order valence-electron chi connectivity index (χ1n) is 20.7. The molecule has 0 saturated carbocycles. The van der Waals surface area contributed by atoms with Crippen LogP contribution in [-0.2, 0) is 5.41 Å². The lowest BCUT2D eigenvalue weighted by Gasteiger charge is -2.28. The highest BCUT2D eigenvalue weighted by Gasteiger charge is 2.35. The molecular formula is C57H42N2O. The quantitative estimate of drug-likeness (QED) is 0.153. The first kappa shape index (κ1) is 35.5. The molecule has 0 amide bonds. The van der Waals surface area contributed by atoms with E-state index in [9.17, 15) is 0 Å². The summed E-state index contributed by atoms with van der Waals surface area (Å²) in [6.07, 6.45) is 0. The number of anilines is 6. The lowest BCUT2D eigenvalue weighted by Crippen LogP contribution is -2.16. The summed E-state index contributed by atoms with van der Waals surface area (Å²) in [6, 6.07) is 78.5. The smallest absolute Gasteiger partial charge is 0.135 e. The van der Waals surface area contributed by atoms with Crippen LogP contribution in [0.1, 0.15) is 25.0 Å². The van der Waals surface area contributed by atoms with Crippen molar-refractivity contribution in [3.63, 3.8) is 0 Å². The second kappa shape index (κ2) is 14.3. The van der Waals surface area contributed by atoms with Crippen molar-refractivity contribution in [2.24, 2.45) is 0 Å². The molecule has 11 rings (SSSR count). The predicted octanol–water partition coefficient (Wildman–Crippen LogP) is 16.2. The Bertz CT molecular complexity index is 3160. The molecular weight excluding hydrogens is 729 g/mol. The topological polar surface area (TPSA) is 19.6 Å². The first-order chi connectivity index (χ1) is 29.5. The van der Waals surface area contributed by atoms with Gasteiger partial charge in [-0.05, 0) is 136 Å². The third-order valence-corrected chi connectivity index (χ3v) is 12.3. The van der Waals surface area contributed by atoms with Crippen molar-refractivity contribution in [1.29, 1.82) is 0 Å². The van der Waals surface area contributed by atoms with E-state index in [1.54, 1.807) is 0 Å². The molecule has 3 heteroatoms. The van der Waals surface area contributed by atoms with Crippen LogP contribution >= 0.6 is 0 Å². The molecule has 3 nitrogen and oxygen atoms in total. The summed E-state index contributed by atoms with van der Waals surface area (Å²) in [7, 11) is 0. The zero-order valence-corrected chi connectivity index (χ0v) is 33.6. The number of hydrogen-bond acceptors (Lipinski definition) is 3. The molecule has 1 aliphatic carbocycles. The number of benzene rings is 9. The van der Waals surface area contributed by atoms with E-state index in [4.69, 9.17) is 4.42 Å². The van der Waals surface area contributed by atoms with Crippen molar-refractivity contribution < 1.29 is 4.42 Å². The zero-order chi connectivity index (χ0) is 40.2. The largest absolute Gasteiger partial charge is 0.456 e. The third-order valence-electron chi connectivity index (χ3n) is 12.3. The van der Waals surface area contributed by atoms with Crippen LogP contribution in [0.4, 0.5) is 34.1 Å². The lowest BCUT2D eigenvalue weighted by atomic mass is 9.82. The Morgan fingerprint density at radius 3 is 1.45 bits per heavy atom. The fraction of sp³-hybridized carbons (Fsp3) is 0.0526. The van der Waals surface area contributed by atoms with Crippen molar-refractivity contribution in [2.45, 2.75) is 19.3 Å². The normalized spacial score (nSPS) is 12.6. The van der Waals surface area contributed by atoms with Crippen LogP contribution in [0, 0.1) is 0 Å². The summed E-state index contributed by atoms with van der Waals surface area (Å²) in [4.78, 5) is 4.68. The van der Waals surface area contributed by atoms with Crippen LogP contribution in [0.2, 0.25) is 0 Å². The van der Waals surface area contributed by atoms with Crippen molar-refractivity contribution in [3.05, 3.63) is 230 Å². The highest BCUT2D eigenvalue weighted by molar-refractivity contribution is 6.06. The molecule has 0 spiro atoms. The van der Waals surface area contributed by atoms with E-state index in [1.165, 1.54) is 44.5 Å². The number of fused-ring (bicyclic) bond motifs is 6. The fourth-order valence-corrected chi connectivity index (χ4v) is 9.22. The summed E-state index contributed by atoms with van der Waals surface area (Å²) in [5.74, 6) is 0. The number of nitrogens with zero attached hydrogens (tertiary/aromatic N) is 2. The molecule has 0 radical (unpaired) electrons. The van der Waals surface area contributed by atoms with Gasteiger partial charge in [-0.3, -0.25) is 0 Å². The van der Waals surface area contributed by atoms with Gasteiger partial charge in [0.1, 0.15) is 11.2 Å². The van der Waals surface area contributed by atoms with Crippen LogP contribution < -0.4 is 9.80 Å². The maximum atomic E-state index is 6.17. The second-order valence-electron chi connectivity index (χ2n) is 16.2. The molecule has 0 unspecified atom stereocenters. The van der Waals surface area contributed by atoms with Gasteiger partial charge in [-0.15, -0.1) is 0 Å². The Kier molecular flexibility index (Phi) is 8.49. The standard InChI is InChI=1S/C57H42N2O/c1-57(2)53-22-11-9-20-49(53)50-34-32-48(38-54(50)57)59(44-18-7-4-8-19-44)46-30-26-40(27-31-46)42-15-13-14-41(36-42)39-24-28-45(29-25-39)58(43-16-5-3-6-17-43)47-33-35-56-52(37-47)51-21-10-12-23-55(51)60-56/h3-38H,1-2H3. The van der Waals surface area contributed by atoms with Crippen LogP contribution in [0.5, 0.6) is 0 Å². The van der Waals surface area contributed by atoms with Gasteiger partial charge in [0.15, 0.2) is 0 Å². The van der Waals surface area contributed by atoms with Crippen molar-refractivity contribution in [2.75, 3.05) is 9.80 Å². The molecule has 10 aromatic rings. The van der Waals surface area contributed by atoms with Crippen molar-refractivity contribution in [1.82, 2.24) is 0 Å². The molecule has 0 fully saturated rings. The molecule has 9 aromatic carbocycles. The van der Waals surface area contributed by atoms with E-state index in [0.717, 1.165) is 56.1 Å². The van der Waals surface area contributed by atoms with Gasteiger partial charge < -0.3 is 14.2 Å². The Balaban J connectivity index is 0.902. The lowest BCUT2D eigenvalue weighted by molar-refractivity contribution is 0.660. The van der Waals surface area contributed by atoms with Gasteiger partial charge in [0.2, 0.25) is 0 Å². The van der Waals surface area contributed by atoms with Crippen molar-refractivity contribution >= 4 is 56.1 Å². The average Bonchev–Trinajstić information content (AvgIpc) is 3.79. The summed E-state index contributed by atoms with van der Waals surface area (Å²) in [5.41, 5.74) is 18.5. The molecule has 1 aliphatic rings. The van der Waals surface area contributed by atoms with E-state index in [0.29, 0.717) is 0 Å². The Labute approximate surface area is 351 Å². The van der Waals surface area contributed by atoms with Crippen LogP contribution in [-0.4, -0.2) is 0 Å². The first-order valence-corrected chi connectivity index (χ1v) is 20.7. The van der Waals surface area contributed by atoms with E-state index in [2.05, 4.69) is 230 Å². The molecule has 0 N–H and O–H groups in total. The summed E-state index contributed by atoms with van der Waals surface area (Å²) in [5, 5.41) is 2.23. The minimum Gasteiger partial charge on any atom is -0.456 e. The van der Waals surface area contributed by atoms with Gasteiger partial charge in [-0.25, -0.2) is 0 Å². The summed E-state index contributed by atoms with van der Waals surface area (Å²) < 4.78 is 6.17. The third kappa shape index (κ3) is 6.06. The van der Waals surface area contributed by atoms with E-state index in [-0.39, 0.29) is 5.41 Å². The number of para-hydroxylation sites is 3. The number of furan rings is 1. The van der Waals surface area contributed by atoms with Gasteiger partial charge in [0.05, 0.1) is 0 Å². The predicted molar refractivity (Wildman–Crippen MR) is 252 cm³/mol. The maximum absolute atomic E-state index is 6.17. The second-order valence-corrected chi connectivity index (χ2v) is 16.2. The molecule has 1 heterocycles. The maximum Gasteiger partial charge on any atom is 0.135 e. The average molecular weight is 771 g/mol. The molecule has 0 atom stereocenters. The number of hydrogen-bond donors (Lipinski definition) is 0. The van der Waals surface area contributed by atoms with E-state index < -0.39 is 0 Å². The van der Waals surface area contributed by atoms with E-state index >= 15 is 0 Å².